The number of halogens is 1. The van der Waals surface area contributed by atoms with E-state index in [1.54, 1.807) is 40.6 Å². The number of hydrogen-bond donors (Lipinski definition) is 0. The third kappa shape index (κ3) is 4.28. The molecule has 172 valence electrons. The molecule has 0 saturated heterocycles. The predicted molar refractivity (Wildman–Crippen MR) is 126 cm³/mol. The van der Waals surface area contributed by atoms with Gasteiger partial charge in [-0.1, -0.05) is 12.1 Å². The minimum Gasteiger partial charge on any atom is -0.493 e. The average molecular weight is 515 g/mol. The maximum absolute atomic E-state index is 13.4. The van der Waals surface area contributed by atoms with Crippen LogP contribution < -0.4 is 18.9 Å². The van der Waals surface area contributed by atoms with Gasteiger partial charge in [-0.3, -0.25) is 4.79 Å². The highest BCUT2D eigenvalue weighted by molar-refractivity contribution is 9.10. The Morgan fingerprint density at radius 2 is 1.73 bits per heavy atom. The number of benzene rings is 2. The molecular formula is C24H23BrN2O6. The van der Waals surface area contributed by atoms with Gasteiger partial charge in [0, 0.05) is 17.5 Å². The van der Waals surface area contributed by atoms with Crippen molar-refractivity contribution in [3.8, 4) is 23.0 Å². The number of hydrazone groups is 1. The van der Waals surface area contributed by atoms with Crippen LogP contribution in [0.3, 0.4) is 0 Å². The van der Waals surface area contributed by atoms with E-state index < -0.39 is 6.04 Å². The van der Waals surface area contributed by atoms with Crippen LogP contribution in [0.25, 0.3) is 0 Å². The van der Waals surface area contributed by atoms with Crippen LogP contribution in [0.2, 0.25) is 0 Å². The molecule has 2 heterocycles. The number of para-hydroxylation sites is 1. The molecule has 0 aliphatic carbocycles. The molecule has 8 nitrogen and oxygen atoms in total. The molecule has 4 rings (SSSR count). The summed E-state index contributed by atoms with van der Waals surface area (Å²) in [4.78, 5) is 13.4. The summed E-state index contributed by atoms with van der Waals surface area (Å²) in [6, 6.07) is 13.9. The number of nitrogens with zero attached hydrogens (tertiary/aromatic N) is 2. The van der Waals surface area contributed by atoms with E-state index in [0.29, 0.717) is 39.8 Å². The lowest BCUT2D eigenvalue weighted by Crippen LogP contribution is -2.27. The summed E-state index contributed by atoms with van der Waals surface area (Å²) >= 11 is 3.25. The quantitative estimate of drug-likeness (QED) is 0.437. The Labute approximate surface area is 199 Å². The number of ether oxygens (including phenoxy) is 4. The zero-order valence-electron chi connectivity index (χ0n) is 18.6. The first-order chi connectivity index (χ1) is 16.0. The lowest BCUT2D eigenvalue weighted by molar-refractivity contribution is 0.0675. The maximum Gasteiger partial charge on any atom is 0.310 e. The number of furan rings is 1. The summed E-state index contributed by atoms with van der Waals surface area (Å²) in [5.41, 5.74) is 2.30. The third-order valence-electron chi connectivity index (χ3n) is 5.41. The highest BCUT2D eigenvalue weighted by atomic mass is 79.9. The first-order valence-electron chi connectivity index (χ1n) is 10.1. The number of methoxy groups -OCH3 is 4. The van der Waals surface area contributed by atoms with Gasteiger partial charge in [-0.2, -0.15) is 5.10 Å². The minimum atomic E-state index is -0.436. The van der Waals surface area contributed by atoms with E-state index >= 15 is 0 Å². The SMILES string of the molecule is COc1ccc(C2=NN(C(=O)c3ccc(Br)o3)C(c3cccc(OC)c3OC)C2)cc1OC. The second kappa shape index (κ2) is 9.58. The largest absolute Gasteiger partial charge is 0.493 e. The normalized spacial score (nSPS) is 15.2. The summed E-state index contributed by atoms with van der Waals surface area (Å²) in [5, 5.41) is 6.12. The van der Waals surface area contributed by atoms with Gasteiger partial charge in [0.1, 0.15) is 0 Å². The fraction of sp³-hybridized carbons (Fsp3) is 0.250. The fourth-order valence-corrected chi connectivity index (χ4v) is 4.15. The summed E-state index contributed by atoms with van der Waals surface area (Å²) in [6.45, 7) is 0. The van der Waals surface area contributed by atoms with E-state index in [1.165, 1.54) is 5.01 Å². The molecule has 2 aromatic carbocycles. The Balaban J connectivity index is 1.80. The third-order valence-corrected chi connectivity index (χ3v) is 5.84. The summed E-state index contributed by atoms with van der Waals surface area (Å²) in [5.74, 6) is 2.11. The highest BCUT2D eigenvalue weighted by Crippen LogP contribution is 2.43. The van der Waals surface area contributed by atoms with Gasteiger partial charge < -0.3 is 23.4 Å². The summed E-state index contributed by atoms with van der Waals surface area (Å²) < 4.78 is 27.9. The van der Waals surface area contributed by atoms with Gasteiger partial charge in [0.15, 0.2) is 33.4 Å². The fourth-order valence-electron chi connectivity index (χ4n) is 3.85. The van der Waals surface area contributed by atoms with Crippen molar-refractivity contribution in [2.24, 2.45) is 5.10 Å². The summed E-state index contributed by atoms with van der Waals surface area (Å²) in [7, 11) is 6.30. The van der Waals surface area contributed by atoms with Crippen molar-refractivity contribution in [2.45, 2.75) is 12.5 Å². The highest BCUT2D eigenvalue weighted by Gasteiger charge is 2.37. The number of amides is 1. The van der Waals surface area contributed by atoms with Crippen molar-refractivity contribution in [2.75, 3.05) is 28.4 Å². The number of rotatable bonds is 7. The molecule has 0 fully saturated rings. The van der Waals surface area contributed by atoms with Crippen LogP contribution in [-0.4, -0.2) is 45.1 Å². The van der Waals surface area contributed by atoms with Gasteiger partial charge >= 0.3 is 5.91 Å². The van der Waals surface area contributed by atoms with Crippen molar-refractivity contribution < 1.29 is 28.2 Å². The van der Waals surface area contributed by atoms with E-state index in [9.17, 15) is 4.79 Å². The molecule has 1 unspecified atom stereocenters. The Morgan fingerprint density at radius 3 is 2.36 bits per heavy atom. The van der Waals surface area contributed by atoms with Crippen LogP contribution in [0.1, 0.15) is 34.1 Å². The number of hydrogen-bond acceptors (Lipinski definition) is 7. The zero-order chi connectivity index (χ0) is 23.5. The lowest BCUT2D eigenvalue weighted by atomic mass is 9.97. The molecule has 1 aliphatic heterocycles. The van der Waals surface area contributed by atoms with Gasteiger partial charge in [0.2, 0.25) is 0 Å². The molecular weight excluding hydrogens is 492 g/mol. The first-order valence-corrected chi connectivity index (χ1v) is 10.9. The molecule has 1 aliphatic rings. The molecule has 33 heavy (non-hydrogen) atoms. The standard InChI is InChI=1S/C24H23BrN2O6/c1-29-18-9-8-14(12-21(18)31-3)16-13-17(15-6-5-7-19(30-2)23(15)32-4)27(26-16)24(28)20-10-11-22(25)33-20/h5-12,17H,13H2,1-4H3. The molecule has 1 amide bonds. The molecule has 0 bridgehead atoms. The first kappa shape index (κ1) is 22.7. The smallest absolute Gasteiger partial charge is 0.310 e. The van der Waals surface area contributed by atoms with Crippen LogP contribution in [-0.2, 0) is 0 Å². The monoisotopic (exact) mass is 514 g/mol. The molecule has 1 atom stereocenters. The Hall–Kier alpha value is -3.46. The topological polar surface area (TPSA) is 82.7 Å². The lowest BCUT2D eigenvalue weighted by Gasteiger charge is -2.23. The van der Waals surface area contributed by atoms with Crippen molar-refractivity contribution in [3.05, 3.63) is 70.1 Å². The van der Waals surface area contributed by atoms with E-state index in [4.69, 9.17) is 28.5 Å². The summed E-state index contributed by atoms with van der Waals surface area (Å²) in [6.07, 6.45) is 0.451. The molecule has 1 aromatic heterocycles. The second-order valence-electron chi connectivity index (χ2n) is 7.17. The van der Waals surface area contributed by atoms with Crippen molar-refractivity contribution in [3.63, 3.8) is 0 Å². The number of carbonyl (C=O) groups excluding carboxylic acids is 1. The van der Waals surface area contributed by atoms with Crippen LogP contribution >= 0.6 is 15.9 Å². The van der Waals surface area contributed by atoms with Crippen molar-refractivity contribution in [1.29, 1.82) is 0 Å². The van der Waals surface area contributed by atoms with E-state index in [2.05, 4.69) is 15.9 Å². The van der Waals surface area contributed by atoms with Crippen LogP contribution in [0, 0.1) is 0 Å². The average Bonchev–Trinajstić information content (AvgIpc) is 3.49. The molecule has 3 aromatic rings. The Kier molecular flexibility index (Phi) is 6.60. The maximum atomic E-state index is 13.4. The van der Waals surface area contributed by atoms with Gasteiger partial charge in [-0.15, -0.1) is 0 Å². The van der Waals surface area contributed by atoms with Crippen LogP contribution in [0.15, 0.2) is 62.7 Å². The van der Waals surface area contributed by atoms with E-state index in [1.807, 2.05) is 36.4 Å². The van der Waals surface area contributed by atoms with Gasteiger partial charge in [0.25, 0.3) is 0 Å². The van der Waals surface area contributed by atoms with E-state index in [0.717, 1.165) is 11.1 Å². The van der Waals surface area contributed by atoms with Crippen molar-refractivity contribution in [1.82, 2.24) is 5.01 Å². The number of carbonyl (C=O) groups is 1. The second-order valence-corrected chi connectivity index (χ2v) is 7.95. The Bertz CT molecular complexity index is 1210. The van der Waals surface area contributed by atoms with Gasteiger partial charge in [0.05, 0.1) is 40.2 Å². The molecule has 0 N–H and O–H groups in total. The molecule has 9 heteroatoms. The zero-order valence-corrected chi connectivity index (χ0v) is 20.2. The Morgan fingerprint density at radius 1 is 0.970 bits per heavy atom. The molecule has 0 spiro atoms. The van der Waals surface area contributed by atoms with Crippen LogP contribution in [0.5, 0.6) is 23.0 Å². The molecule has 0 radical (unpaired) electrons. The molecule has 0 saturated carbocycles. The van der Waals surface area contributed by atoms with Gasteiger partial charge in [-0.05, 0) is 52.3 Å². The van der Waals surface area contributed by atoms with Gasteiger partial charge in [-0.25, -0.2) is 5.01 Å². The predicted octanol–water partition coefficient (Wildman–Crippen LogP) is 5.07. The minimum absolute atomic E-state index is 0.172. The van der Waals surface area contributed by atoms with E-state index in [-0.39, 0.29) is 11.7 Å². The van der Waals surface area contributed by atoms with Crippen molar-refractivity contribution >= 4 is 27.5 Å². The van der Waals surface area contributed by atoms with Crippen LogP contribution in [0.4, 0.5) is 0 Å².